The second kappa shape index (κ2) is 8.12. The Hall–Kier alpha value is -3.07. The van der Waals surface area contributed by atoms with E-state index in [0.29, 0.717) is 18.4 Å². The number of nitrogens with zero attached hydrogens (tertiary/aromatic N) is 1. The van der Waals surface area contributed by atoms with Gasteiger partial charge in [0.2, 0.25) is 0 Å². The van der Waals surface area contributed by atoms with Crippen molar-refractivity contribution in [1.82, 2.24) is 4.72 Å². The number of phenols is 1. The third-order valence-electron chi connectivity index (χ3n) is 4.54. The van der Waals surface area contributed by atoms with Crippen LogP contribution in [0.25, 0.3) is 16.8 Å². The summed E-state index contributed by atoms with van der Waals surface area (Å²) in [4.78, 5) is 23.1. The number of rotatable bonds is 6. The first-order valence-electron chi connectivity index (χ1n) is 9.14. The van der Waals surface area contributed by atoms with Gasteiger partial charge in [-0.3, -0.25) is 9.59 Å². The van der Waals surface area contributed by atoms with Crippen LogP contribution >= 0.6 is 0 Å². The molecule has 0 spiro atoms. The molecule has 1 fully saturated rings. The second-order valence-electron chi connectivity index (χ2n) is 6.78. The van der Waals surface area contributed by atoms with Crippen LogP contribution in [0.15, 0.2) is 36.4 Å². The van der Waals surface area contributed by atoms with Crippen molar-refractivity contribution < 1.29 is 27.9 Å². The van der Waals surface area contributed by atoms with Gasteiger partial charge in [0.05, 0.1) is 18.2 Å². The highest BCUT2D eigenvalue weighted by atomic mass is 32.2. The van der Waals surface area contributed by atoms with E-state index < -0.39 is 16.1 Å². The predicted molar refractivity (Wildman–Crippen MR) is 109 cm³/mol. The van der Waals surface area contributed by atoms with Gasteiger partial charge in [0.15, 0.2) is 0 Å². The van der Waals surface area contributed by atoms with Gasteiger partial charge in [-0.1, -0.05) is 31.2 Å². The number of aromatic hydroxyl groups is 1. The number of amides is 1. The molecule has 0 aliphatic carbocycles. The maximum absolute atomic E-state index is 12.1. The Morgan fingerprint density at radius 1 is 1.31 bits per heavy atom. The van der Waals surface area contributed by atoms with Crippen molar-refractivity contribution in [3.05, 3.63) is 42.0 Å². The Kier molecular flexibility index (Phi) is 5.78. The zero-order valence-electron chi connectivity index (χ0n) is 16.1. The van der Waals surface area contributed by atoms with Crippen LogP contribution in [-0.2, 0) is 24.5 Å². The molecule has 2 N–H and O–H groups in total. The maximum Gasteiger partial charge on any atom is 0.326 e. The van der Waals surface area contributed by atoms with Gasteiger partial charge in [0.25, 0.3) is 5.91 Å². The number of carbonyl (C=O) groups is 2. The van der Waals surface area contributed by atoms with Gasteiger partial charge in [0, 0.05) is 0 Å². The molecule has 1 heterocycles. The minimum absolute atomic E-state index is 0.0351. The van der Waals surface area contributed by atoms with Crippen molar-refractivity contribution >= 4 is 44.6 Å². The molecule has 2 aromatic rings. The second-order valence-corrected chi connectivity index (χ2v) is 8.37. The standard InChI is InChI=1S/C20H22N2O6S/c1-3-28-20(25)13(2)5-4-6-14-7-8-15-11-18(23)17(10-16(15)9-14)22-12-19(24)21-29(22,26)27/h4,6-11,13,23H,3,5,12H2,1-2H3,(H,21,24)/b6-4+. The topological polar surface area (TPSA) is 113 Å². The smallest absolute Gasteiger partial charge is 0.326 e. The van der Waals surface area contributed by atoms with E-state index in [9.17, 15) is 23.1 Å². The number of hydrogen-bond donors (Lipinski definition) is 2. The summed E-state index contributed by atoms with van der Waals surface area (Å²) in [6.45, 7) is 3.53. The van der Waals surface area contributed by atoms with E-state index in [-0.39, 0.29) is 29.9 Å². The molecule has 1 aliphatic heterocycles. The van der Waals surface area contributed by atoms with Crippen molar-refractivity contribution in [3.8, 4) is 5.75 Å². The number of anilines is 1. The van der Waals surface area contributed by atoms with E-state index in [1.165, 1.54) is 12.1 Å². The van der Waals surface area contributed by atoms with E-state index in [0.717, 1.165) is 15.3 Å². The Balaban J connectivity index is 1.86. The molecule has 1 unspecified atom stereocenters. The summed E-state index contributed by atoms with van der Waals surface area (Å²) in [6, 6.07) is 8.47. The molecule has 8 nitrogen and oxygen atoms in total. The summed E-state index contributed by atoms with van der Waals surface area (Å²) in [7, 11) is -4.01. The highest BCUT2D eigenvalue weighted by molar-refractivity contribution is 7.92. The average molecular weight is 418 g/mol. The largest absolute Gasteiger partial charge is 0.506 e. The van der Waals surface area contributed by atoms with Gasteiger partial charge < -0.3 is 9.84 Å². The van der Waals surface area contributed by atoms with Crippen molar-refractivity contribution in [2.75, 3.05) is 17.5 Å². The number of ether oxygens (including phenoxy) is 1. The van der Waals surface area contributed by atoms with Crippen LogP contribution in [0.2, 0.25) is 0 Å². The fraction of sp³-hybridized carbons (Fsp3) is 0.300. The number of phenolic OH excluding ortho intramolecular Hbond substituents is 1. The van der Waals surface area contributed by atoms with Gasteiger partial charge in [-0.25, -0.2) is 9.03 Å². The van der Waals surface area contributed by atoms with Gasteiger partial charge in [-0.2, -0.15) is 8.42 Å². The van der Waals surface area contributed by atoms with Crippen molar-refractivity contribution in [1.29, 1.82) is 0 Å². The summed E-state index contributed by atoms with van der Waals surface area (Å²) in [5.41, 5.74) is 0.886. The number of fused-ring (bicyclic) bond motifs is 1. The Morgan fingerprint density at radius 3 is 2.72 bits per heavy atom. The molecule has 1 atom stereocenters. The van der Waals surface area contributed by atoms with E-state index in [4.69, 9.17) is 4.74 Å². The van der Waals surface area contributed by atoms with Gasteiger partial charge >= 0.3 is 16.2 Å². The number of allylic oxidation sites excluding steroid dienone is 1. The Bertz CT molecular complexity index is 1090. The molecule has 2 aromatic carbocycles. The molecule has 1 aliphatic rings. The van der Waals surface area contributed by atoms with Crippen molar-refractivity contribution in [2.24, 2.45) is 5.92 Å². The average Bonchev–Trinajstić information content (AvgIpc) is 2.93. The molecule has 29 heavy (non-hydrogen) atoms. The lowest BCUT2D eigenvalue weighted by molar-refractivity contribution is -0.147. The maximum atomic E-state index is 12.1. The zero-order valence-corrected chi connectivity index (χ0v) is 16.9. The first kappa shape index (κ1) is 20.7. The molecule has 1 amide bonds. The molecule has 9 heteroatoms. The van der Waals surface area contributed by atoms with Crippen molar-refractivity contribution in [2.45, 2.75) is 20.3 Å². The lowest BCUT2D eigenvalue weighted by atomic mass is 10.0. The quantitative estimate of drug-likeness (QED) is 0.696. The minimum atomic E-state index is -4.01. The molecule has 0 saturated carbocycles. The number of benzene rings is 2. The fourth-order valence-corrected chi connectivity index (χ4v) is 4.20. The van der Waals surface area contributed by atoms with Crippen LogP contribution < -0.4 is 9.03 Å². The summed E-state index contributed by atoms with van der Waals surface area (Å²) in [5, 5.41) is 11.7. The van der Waals surface area contributed by atoms with Crippen LogP contribution in [-0.4, -0.2) is 38.6 Å². The third kappa shape index (κ3) is 4.51. The van der Waals surface area contributed by atoms with E-state index in [2.05, 4.69) is 0 Å². The molecule has 3 rings (SSSR count). The van der Waals surface area contributed by atoms with Gasteiger partial charge in [-0.15, -0.1) is 0 Å². The first-order valence-corrected chi connectivity index (χ1v) is 10.6. The summed E-state index contributed by atoms with van der Waals surface area (Å²) >= 11 is 0. The highest BCUT2D eigenvalue weighted by Gasteiger charge is 2.35. The SMILES string of the molecule is CCOC(=O)C(C)C/C=C/c1ccc2cc(O)c(N3CC(=O)NS3(=O)=O)cc2c1. The van der Waals surface area contributed by atoms with E-state index >= 15 is 0 Å². The number of hydrogen-bond acceptors (Lipinski definition) is 6. The van der Waals surface area contributed by atoms with Crippen LogP contribution in [0.1, 0.15) is 25.8 Å². The number of esters is 1. The number of nitrogens with one attached hydrogen (secondary N) is 1. The molecule has 0 bridgehead atoms. The van der Waals surface area contributed by atoms with Crippen LogP contribution in [0.5, 0.6) is 5.75 Å². The zero-order chi connectivity index (χ0) is 21.2. The van der Waals surface area contributed by atoms with Crippen LogP contribution in [0, 0.1) is 5.92 Å². The molecule has 1 saturated heterocycles. The first-order chi connectivity index (χ1) is 13.7. The summed E-state index contributed by atoms with van der Waals surface area (Å²) in [6.07, 6.45) is 4.26. The van der Waals surface area contributed by atoms with Gasteiger partial charge in [0.1, 0.15) is 12.3 Å². The Labute approximate surface area is 169 Å². The predicted octanol–water partition coefficient (Wildman–Crippen LogP) is 2.33. The minimum Gasteiger partial charge on any atom is -0.506 e. The summed E-state index contributed by atoms with van der Waals surface area (Å²) in [5.74, 6) is -1.38. The van der Waals surface area contributed by atoms with Gasteiger partial charge in [-0.05, 0) is 47.9 Å². The highest BCUT2D eigenvalue weighted by Crippen LogP contribution is 2.35. The molecule has 154 valence electrons. The summed E-state index contributed by atoms with van der Waals surface area (Å²) < 4.78 is 31.8. The number of carbonyl (C=O) groups excluding carboxylic acids is 2. The molecular formula is C20H22N2O6S. The van der Waals surface area contributed by atoms with E-state index in [1.807, 2.05) is 29.0 Å². The van der Waals surface area contributed by atoms with E-state index in [1.54, 1.807) is 19.9 Å². The lowest BCUT2D eigenvalue weighted by Gasteiger charge is -2.17. The fourth-order valence-electron chi connectivity index (χ4n) is 3.05. The molecular weight excluding hydrogens is 396 g/mol. The third-order valence-corrected chi connectivity index (χ3v) is 5.93. The monoisotopic (exact) mass is 418 g/mol. The van der Waals surface area contributed by atoms with Crippen LogP contribution in [0.4, 0.5) is 5.69 Å². The van der Waals surface area contributed by atoms with Crippen LogP contribution in [0.3, 0.4) is 0 Å². The normalized spacial score (nSPS) is 16.9. The Morgan fingerprint density at radius 2 is 2.07 bits per heavy atom. The molecule has 0 radical (unpaired) electrons. The molecule has 0 aromatic heterocycles. The lowest BCUT2D eigenvalue weighted by Crippen LogP contribution is -2.29. The van der Waals surface area contributed by atoms with Crippen molar-refractivity contribution in [3.63, 3.8) is 0 Å².